The molecule has 4 nitrogen and oxygen atoms in total. The quantitative estimate of drug-likeness (QED) is 0.689. The lowest BCUT2D eigenvalue weighted by Crippen LogP contribution is -2.42. The molecular formula is C20H33NO3. The van der Waals surface area contributed by atoms with Crippen LogP contribution in [0.25, 0.3) is 0 Å². The molecule has 0 saturated heterocycles. The average molecular weight is 335 g/mol. The zero-order chi connectivity index (χ0) is 18.3. The molecule has 0 aliphatic rings. The molecule has 0 saturated carbocycles. The first-order chi connectivity index (χ1) is 11.3. The molecule has 0 aliphatic heterocycles. The van der Waals surface area contributed by atoms with Crippen LogP contribution in [0, 0.1) is 13.8 Å². The normalized spacial score (nSPS) is 14.8. The third kappa shape index (κ3) is 5.23. The van der Waals surface area contributed by atoms with Crippen LogP contribution in [-0.2, 0) is 9.53 Å². The Morgan fingerprint density at radius 3 is 2.25 bits per heavy atom. The van der Waals surface area contributed by atoms with Gasteiger partial charge in [-0.3, -0.25) is 4.79 Å². The molecule has 2 atom stereocenters. The van der Waals surface area contributed by atoms with Crippen LogP contribution in [0.4, 0.5) is 5.69 Å². The largest absolute Gasteiger partial charge is 0.490 e. The minimum absolute atomic E-state index is 0.0967. The molecular weight excluding hydrogens is 302 g/mol. The van der Waals surface area contributed by atoms with Crippen LogP contribution in [-0.4, -0.2) is 24.2 Å². The summed E-state index contributed by atoms with van der Waals surface area (Å²) in [5, 5.41) is 3.01. The fraction of sp³-hybridized carbons (Fsp3) is 0.650. The molecule has 1 aromatic rings. The van der Waals surface area contributed by atoms with E-state index in [0.717, 1.165) is 35.4 Å². The lowest BCUT2D eigenvalue weighted by molar-refractivity contribution is -0.139. The molecule has 24 heavy (non-hydrogen) atoms. The number of amides is 1. The second-order valence-electron chi connectivity index (χ2n) is 6.64. The fourth-order valence-electron chi connectivity index (χ4n) is 2.80. The van der Waals surface area contributed by atoms with E-state index in [9.17, 15) is 4.79 Å². The molecule has 1 amide bonds. The molecule has 0 radical (unpaired) electrons. The van der Waals surface area contributed by atoms with E-state index in [4.69, 9.17) is 9.47 Å². The summed E-state index contributed by atoms with van der Waals surface area (Å²) < 4.78 is 11.7. The Kier molecular flexibility index (Phi) is 7.74. The first-order valence-electron chi connectivity index (χ1n) is 9.00. The number of aryl methyl sites for hydroxylation is 2. The lowest BCUT2D eigenvalue weighted by atomic mass is 9.98. The van der Waals surface area contributed by atoms with E-state index in [1.165, 1.54) is 0 Å². The number of rotatable bonds is 9. The Bertz CT molecular complexity index is 525. The highest BCUT2D eigenvalue weighted by Gasteiger charge is 2.33. The number of hydrogen-bond donors (Lipinski definition) is 1. The summed E-state index contributed by atoms with van der Waals surface area (Å²) in [7, 11) is 0. The van der Waals surface area contributed by atoms with Gasteiger partial charge >= 0.3 is 0 Å². The van der Waals surface area contributed by atoms with Crippen molar-refractivity contribution in [3.8, 4) is 5.75 Å². The van der Waals surface area contributed by atoms with Crippen molar-refractivity contribution in [3.05, 3.63) is 23.3 Å². The Morgan fingerprint density at radius 1 is 1.21 bits per heavy atom. The van der Waals surface area contributed by atoms with E-state index < -0.39 is 5.60 Å². The maximum absolute atomic E-state index is 12.7. The highest BCUT2D eigenvalue weighted by atomic mass is 16.5. The molecule has 0 heterocycles. The van der Waals surface area contributed by atoms with Crippen molar-refractivity contribution in [1.82, 2.24) is 0 Å². The van der Waals surface area contributed by atoms with Crippen LogP contribution in [0.3, 0.4) is 0 Å². The number of hydrogen-bond acceptors (Lipinski definition) is 3. The number of ether oxygens (including phenoxy) is 2. The van der Waals surface area contributed by atoms with Gasteiger partial charge in [-0.1, -0.05) is 20.3 Å². The van der Waals surface area contributed by atoms with Gasteiger partial charge in [0, 0.05) is 12.3 Å². The van der Waals surface area contributed by atoms with Gasteiger partial charge in [0.25, 0.3) is 5.91 Å². The maximum atomic E-state index is 12.7. The van der Waals surface area contributed by atoms with Gasteiger partial charge in [-0.2, -0.15) is 0 Å². The molecule has 4 heteroatoms. The summed E-state index contributed by atoms with van der Waals surface area (Å²) in [6.07, 6.45) is 2.72. The van der Waals surface area contributed by atoms with E-state index >= 15 is 0 Å². The van der Waals surface area contributed by atoms with E-state index in [0.29, 0.717) is 13.0 Å². The SMILES string of the molecule is CCC[C@@](C)(OCC)C(=O)Nc1cc(C)c(O[C@@H](C)CC)c(C)c1. The van der Waals surface area contributed by atoms with E-state index in [2.05, 4.69) is 26.1 Å². The monoisotopic (exact) mass is 335 g/mol. The van der Waals surface area contributed by atoms with Crippen LogP contribution in [0.2, 0.25) is 0 Å². The zero-order valence-electron chi connectivity index (χ0n) is 16.3. The van der Waals surface area contributed by atoms with Gasteiger partial charge in [-0.25, -0.2) is 0 Å². The standard InChI is InChI=1S/C20H33NO3/c1-8-11-20(7,23-10-3)19(22)21-17-12-14(4)18(15(5)13-17)24-16(6)9-2/h12-13,16H,8-11H2,1-7H3,(H,21,22)/t16-,20+/m0/s1. The number of carbonyl (C=O) groups excluding carboxylic acids is 1. The van der Waals surface area contributed by atoms with E-state index in [-0.39, 0.29) is 12.0 Å². The molecule has 0 aliphatic carbocycles. The van der Waals surface area contributed by atoms with Gasteiger partial charge in [0.05, 0.1) is 6.10 Å². The number of carbonyl (C=O) groups is 1. The minimum Gasteiger partial charge on any atom is -0.490 e. The van der Waals surface area contributed by atoms with Gasteiger partial charge < -0.3 is 14.8 Å². The number of nitrogens with one attached hydrogen (secondary N) is 1. The topological polar surface area (TPSA) is 47.6 Å². The van der Waals surface area contributed by atoms with Crippen molar-refractivity contribution in [3.63, 3.8) is 0 Å². The van der Waals surface area contributed by atoms with Crippen LogP contribution in [0.1, 0.15) is 65.0 Å². The molecule has 136 valence electrons. The molecule has 0 fully saturated rings. The minimum atomic E-state index is -0.794. The molecule has 0 spiro atoms. The first-order valence-corrected chi connectivity index (χ1v) is 9.00. The smallest absolute Gasteiger partial charge is 0.256 e. The summed E-state index contributed by atoms with van der Waals surface area (Å²) in [6.45, 7) is 14.5. The molecule has 0 aromatic heterocycles. The van der Waals surface area contributed by atoms with Crippen molar-refractivity contribution < 1.29 is 14.3 Å². The molecule has 0 unspecified atom stereocenters. The van der Waals surface area contributed by atoms with Crippen molar-refractivity contribution in [2.24, 2.45) is 0 Å². The Morgan fingerprint density at radius 2 is 1.79 bits per heavy atom. The van der Waals surface area contributed by atoms with Crippen molar-refractivity contribution in [2.45, 2.75) is 79.4 Å². The van der Waals surface area contributed by atoms with Crippen LogP contribution < -0.4 is 10.1 Å². The molecule has 1 aromatic carbocycles. The number of benzene rings is 1. The molecule has 0 bridgehead atoms. The zero-order valence-corrected chi connectivity index (χ0v) is 16.3. The van der Waals surface area contributed by atoms with Crippen LogP contribution in [0.5, 0.6) is 5.75 Å². The third-order valence-electron chi connectivity index (χ3n) is 4.28. The van der Waals surface area contributed by atoms with Crippen molar-refractivity contribution in [1.29, 1.82) is 0 Å². The van der Waals surface area contributed by atoms with Gasteiger partial charge in [0.15, 0.2) is 0 Å². The second-order valence-corrected chi connectivity index (χ2v) is 6.64. The fourth-order valence-corrected chi connectivity index (χ4v) is 2.80. The summed E-state index contributed by atoms with van der Waals surface area (Å²) >= 11 is 0. The van der Waals surface area contributed by atoms with Crippen LogP contribution in [0.15, 0.2) is 12.1 Å². The predicted octanol–water partition coefficient (Wildman–Crippen LogP) is 5.01. The van der Waals surface area contributed by atoms with Crippen molar-refractivity contribution >= 4 is 11.6 Å². The lowest BCUT2D eigenvalue weighted by Gasteiger charge is -2.28. The van der Waals surface area contributed by atoms with Crippen LogP contribution >= 0.6 is 0 Å². The summed E-state index contributed by atoms with van der Waals surface area (Å²) in [5.74, 6) is 0.809. The first kappa shape index (κ1) is 20.5. The summed E-state index contributed by atoms with van der Waals surface area (Å²) in [4.78, 5) is 12.7. The van der Waals surface area contributed by atoms with E-state index in [1.807, 2.05) is 39.8 Å². The third-order valence-corrected chi connectivity index (χ3v) is 4.28. The summed E-state index contributed by atoms with van der Waals surface area (Å²) in [6, 6.07) is 3.92. The molecule has 1 rings (SSSR count). The highest BCUT2D eigenvalue weighted by molar-refractivity contribution is 5.97. The second kappa shape index (κ2) is 9.07. The Balaban J connectivity index is 2.97. The number of anilines is 1. The maximum Gasteiger partial charge on any atom is 0.256 e. The van der Waals surface area contributed by atoms with Gasteiger partial charge in [0.2, 0.25) is 0 Å². The highest BCUT2D eigenvalue weighted by Crippen LogP contribution is 2.29. The summed E-state index contributed by atoms with van der Waals surface area (Å²) in [5.41, 5.74) is 2.05. The van der Waals surface area contributed by atoms with Gasteiger partial charge in [-0.15, -0.1) is 0 Å². The van der Waals surface area contributed by atoms with E-state index in [1.54, 1.807) is 0 Å². The predicted molar refractivity (Wildman–Crippen MR) is 99.9 cm³/mol. The molecule has 1 N–H and O–H groups in total. The Hall–Kier alpha value is -1.55. The van der Waals surface area contributed by atoms with Crippen molar-refractivity contribution in [2.75, 3.05) is 11.9 Å². The van der Waals surface area contributed by atoms with Gasteiger partial charge in [-0.05, 0) is 70.7 Å². The Labute approximate surface area is 146 Å². The van der Waals surface area contributed by atoms with Gasteiger partial charge in [0.1, 0.15) is 11.4 Å². The average Bonchev–Trinajstić information content (AvgIpc) is 2.51.